The molecule has 0 unspecified atom stereocenters. The lowest BCUT2D eigenvalue weighted by atomic mass is 9.53. The first-order valence-electron chi connectivity index (χ1n) is 46.3. The number of carbonyl (C=O) groups excluding carboxylic acids is 6. The maximum atomic E-state index is 14.4. The quantitative estimate of drug-likeness (QED) is 0.0197. The van der Waals surface area contributed by atoms with Crippen LogP contribution in [0.15, 0.2) is 146 Å². The van der Waals surface area contributed by atoms with Crippen molar-refractivity contribution in [1.82, 2.24) is 0 Å². The number of ether oxygens (including phenoxy) is 12. The average molecular weight is 1660 g/mol. The first-order chi connectivity index (χ1) is 58.9. The molecule has 0 aliphatic heterocycles. The van der Waals surface area contributed by atoms with Gasteiger partial charge in [-0.25, -0.2) is 28.8 Å². The summed E-state index contributed by atoms with van der Waals surface area (Å²) in [6, 6.07) is 41.9. The number of hydrogen-bond acceptors (Lipinski definition) is 18. The van der Waals surface area contributed by atoms with Gasteiger partial charge in [-0.2, -0.15) is 0 Å². The minimum absolute atomic E-state index is 0.0436. The summed E-state index contributed by atoms with van der Waals surface area (Å²) in [5.74, 6) is -1.64. The lowest BCUT2D eigenvalue weighted by Crippen LogP contribution is -2.49. The van der Waals surface area contributed by atoms with Crippen molar-refractivity contribution in [2.75, 3.05) is 79.3 Å². The van der Waals surface area contributed by atoms with Crippen LogP contribution in [-0.4, -0.2) is 115 Å². The summed E-state index contributed by atoms with van der Waals surface area (Å²) in [5.41, 5.74) is 2.06. The van der Waals surface area contributed by atoms with Gasteiger partial charge in [-0.3, -0.25) is 0 Å². The molecule has 18 heteroatoms. The van der Waals surface area contributed by atoms with Crippen LogP contribution in [0.4, 0.5) is 0 Å². The molecule has 0 radical (unpaired) electrons. The zero-order chi connectivity index (χ0) is 85.3. The molecule has 6 aromatic carbocycles. The second-order valence-corrected chi connectivity index (χ2v) is 32.3. The maximum Gasteiger partial charge on any atom is 0.338 e. The highest BCUT2D eigenvalue weighted by molar-refractivity contribution is 5.92. The number of esters is 6. The fourth-order valence-corrected chi connectivity index (χ4v) is 16.2. The molecule has 1 aliphatic carbocycles. The molecule has 1 aliphatic rings. The van der Waals surface area contributed by atoms with Crippen LogP contribution in [0, 0.1) is 35.5 Å². The predicted molar refractivity (Wildman–Crippen MR) is 475 cm³/mol. The van der Waals surface area contributed by atoms with Gasteiger partial charge >= 0.3 is 35.8 Å². The second-order valence-electron chi connectivity index (χ2n) is 32.3. The summed E-state index contributed by atoms with van der Waals surface area (Å²) < 4.78 is 74.4. The second kappa shape index (κ2) is 60.4. The Morgan fingerprint density at radius 3 is 0.425 bits per heavy atom. The minimum Gasteiger partial charge on any atom is -0.494 e. The molecule has 7 rings (SSSR count). The molecular formula is C102H144O18. The van der Waals surface area contributed by atoms with E-state index in [1.54, 1.807) is 146 Å². The fourth-order valence-electron chi connectivity index (χ4n) is 16.2. The Bertz CT molecular complexity index is 3080. The van der Waals surface area contributed by atoms with E-state index in [2.05, 4.69) is 41.5 Å². The largest absolute Gasteiger partial charge is 0.494 e. The zero-order valence-electron chi connectivity index (χ0n) is 73.6. The molecule has 6 aromatic rings. The van der Waals surface area contributed by atoms with Gasteiger partial charge in [-0.1, -0.05) is 196 Å². The third kappa shape index (κ3) is 37.9. The van der Waals surface area contributed by atoms with Crippen molar-refractivity contribution in [3.63, 3.8) is 0 Å². The van der Waals surface area contributed by atoms with E-state index in [1.807, 2.05) is 0 Å². The van der Waals surface area contributed by atoms with Crippen molar-refractivity contribution in [3.05, 3.63) is 179 Å². The molecule has 0 heterocycles. The van der Waals surface area contributed by atoms with Gasteiger partial charge in [0.05, 0.1) is 113 Å². The number of rotatable bonds is 66. The van der Waals surface area contributed by atoms with Crippen molar-refractivity contribution in [2.24, 2.45) is 35.5 Å². The van der Waals surface area contributed by atoms with Crippen molar-refractivity contribution in [2.45, 2.75) is 273 Å². The molecule has 0 aromatic heterocycles. The smallest absolute Gasteiger partial charge is 0.338 e. The molecule has 0 atom stereocenters. The van der Waals surface area contributed by atoms with Crippen LogP contribution in [0.1, 0.15) is 335 Å². The lowest BCUT2D eigenvalue weighted by Gasteiger charge is -2.53. The van der Waals surface area contributed by atoms with E-state index in [1.165, 1.54) is 38.5 Å². The van der Waals surface area contributed by atoms with E-state index in [0.29, 0.717) is 108 Å². The van der Waals surface area contributed by atoms with Crippen LogP contribution in [0.2, 0.25) is 0 Å². The highest BCUT2D eigenvalue weighted by Crippen LogP contribution is 2.54. The Labute approximate surface area is 718 Å². The summed E-state index contributed by atoms with van der Waals surface area (Å²) in [6.45, 7) is 16.3. The van der Waals surface area contributed by atoms with Crippen LogP contribution in [-0.2, 0) is 28.4 Å². The van der Waals surface area contributed by atoms with Gasteiger partial charge in [-0.05, 0) is 258 Å². The van der Waals surface area contributed by atoms with Gasteiger partial charge in [0.15, 0.2) is 0 Å². The molecular weight excluding hydrogens is 1510 g/mol. The third-order valence-electron chi connectivity index (χ3n) is 23.0. The van der Waals surface area contributed by atoms with Gasteiger partial charge in [0.1, 0.15) is 34.5 Å². The van der Waals surface area contributed by atoms with E-state index >= 15 is 0 Å². The molecule has 660 valence electrons. The Morgan fingerprint density at radius 2 is 0.300 bits per heavy atom. The predicted octanol–water partition coefficient (Wildman–Crippen LogP) is 25.3. The van der Waals surface area contributed by atoms with Crippen LogP contribution in [0.5, 0.6) is 34.5 Å². The summed E-state index contributed by atoms with van der Waals surface area (Å²) >= 11 is 0. The highest BCUT2D eigenvalue weighted by atomic mass is 16.6. The van der Waals surface area contributed by atoms with Gasteiger partial charge in [0, 0.05) is 0 Å². The summed E-state index contributed by atoms with van der Waals surface area (Å²) in [4.78, 5) is 86.4. The van der Waals surface area contributed by atoms with E-state index in [9.17, 15) is 28.8 Å². The molecule has 1 saturated carbocycles. The maximum absolute atomic E-state index is 14.4. The van der Waals surface area contributed by atoms with Crippen molar-refractivity contribution in [3.8, 4) is 34.5 Å². The number of hydrogen-bond donors (Lipinski definition) is 0. The SMILES string of the molecule is CCCCCCCOc1ccc(C(=O)OCCC2C(CCOC(=O)c3ccc(OCCCCCCC)cc3)C(CCOC(=O)c3ccc(OCCCCCCC)cc3)C(CCOC(=O)c3ccc(OCCCCCCC)cc3)C(CCOC(=O)c3ccc(OCCCCCCC)cc3)C2CCOC(=O)c2ccc(OCCCCCCC)cc2)cc1. The van der Waals surface area contributed by atoms with Crippen molar-refractivity contribution >= 4 is 35.8 Å². The highest BCUT2D eigenvalue weighted by Gasteiger charge is 2.50. The standard InChI is InChI=1S/C102H144O18/c1-7-13-19-25-31-67-109-85-49-37-79(38-50-85)97(103)115-73-61-91-92(62-74-116-98(104)80-39-51-86(52-40-80)110-68-32-26-20-14-8-2)94(64-76-118-100(106)82-43-55-88(56-44-82)112-70-34-28-22-16-10-4)96(66-78-120-102(108)84-47-59-90(60-48-84)114-72-36-30-24-18-12-6)95(65-77-119-101(107)83-45-57-89(58-46-83)113-71-35-29-23-17-11-5)93(91)63-75-117-99(105)81-41-53-87(54-42-81)111-69-33-27-21-15-9-3/h37-60,91-96H,7-36,61-78H2,1-6H3. The van der Waals surface area contributed by atoms with E-state index in [-0.39, 0.29) is 78.2 Å². The molecule has 0 saturated heterocycles. The summed E-state index contributed by atoms with van der Waals surface area (Å²) in [7, 11) is 0. The fraction of sp³-hybridized carbons (Fsp3) is 0.588. The molecule has 0 spiro atoms. The molecule has 0 bridgehead atoms. The Morgan fingerprint density at radius 1 is 0.175 bits per heavy atom. The topological polar surface area (TPSA) is 213 Å². The van der Waals surface area contributed by atoms with Gasteiger partial charge in [0.2, 0.25) is 0 Å². The Hall–Kier alpha value is -9.06. The van der Waals surface area contributed by atoms with Crippen molar-refractivity contribution in [1.29, 1.82) is 0 Å². The van der Waals surface area contributed by atoms with Crippen LogP contribution in [0.25, 0.3) is 0 Å². The van der Waals surface area contributed by atoms with E-state index < -0.39 is 71.3 Å². The van der Waals surface area contributed by atoms with E-state index in [0.717, 1.165) is 154 Å². The number of carbonyl (C=O) groups is 6. The Kier molecular flexibility index (Phi) is 49.4. The normalized spacial score (nSPS) is 15.6. The molecule has 0 amide bonds. The third-order valence-corrected chi connectivity index (χ3v) is 23.0. The van der Waals surface area contributed by atoms with E-state index in [4.69, 9.17) is 56.8 Å². The van der Waals surface area contributed by atoms with Gasteiger partial charge in [-0.15, -0.1) is 0 Å². The molecule has 0 N–H and O–H groups in total. The van der Waals surface area contributed by atoms with Gasteiger partial charge < -0.3 is 56.8 Å². The monoisotopic (exact) mass is 1660 g/mol. The Balaban J connectivity index is 1.27. The molecule has 18 nitrogen and oxygen atoms in total. The summed E-state index contributed by atoms with van der Waals surface area (Å²) in [6.07, 6.45) is 34.6. The minimum atomic E-state index is -0.532. The number of unbranched alkanes of at least 4 members (excludes halogenated alkanes) is 24. The lowest BCUT2D eigenvalue weighted by molar-refractivity contribution is -0.0743. The first kappa shape index (κ1) is 98.1. The molecule has 120 heavy (non-hydrogen) atoms. The zero-order valence-corrected chi connectivity index (χ0v) is 73.6. The van der Waals surface area contributed by atoms with Crippen LogP contribution >= 0.6 is 0 Å². The molecule has 1 fully saturated rings. The summed E-state index contributed by atoms with van der Waals surface area (Å²) in [5, 5.41) is 0. The number of benzene rings is 6. The van der Waals surface area contributed by atoms with Crippen LogP contribution < -0.4 is 28.4 Å². The van der Waals surface area contributed by atoms with Crippen molar-refractivity contribution < 1.29 is 85.6 Å². The average Bonchev–Trinajstić information content (AvgIpc) is 0.764. The van der Waals surface area contributed by atoms with Gasteiger partial charge in [0.25, 0.3) is 0 Å². The first-order valence-corrected chi connectivity index (χ1v) is 46.3. The van der Waals surface area contributed by atoms with Crippen LogP contribution in [0.3, 0.4) is 0 Å².